The predicted molar refractivity (Wildman–Crippen MR) is 74.6 cm³/mol. The Balaban J connectivity index is 2.11. The number of rotatable bonds is 8. The van der Waals surface area contributed by atoms with E-state index in [4.69, 9.17) is 4.74 Å². The molecule has 0 fully saturated rings. The smallest absolute Gasteiger partial charge is 0.246 e. The Labute approximate surface area is 114 Å². The normalized spacial score (nSPS) is 12.4. The van der Waals surface area contributed by atoms with E-state index in [1.807, 2.05) is 44.2 Å². The molecule has 1 aromatic carbocycles. The third-order valence-corrected chi connectivity index (χ3v) is 2.62. The van der Waals surface area contributed by atoms with Crippen molar-refractivity contribution < 1.29 is 14.6 Å². The Morgan fingerprint density at radius 3 is 2.63 bits per heavy atom. The lowest BCUT2D eigenvalue weighted by Crippen LogP contribution is -2.35. The Hall–Kier alpha value is -1.39. The fourth-order valence-corrected chi connectivity index (χ4v) is 1.75. The Kier molecular flexibility index (Phi) is 7.15. The number of hydrogen-bond acceptors (Lipinski definition) is 3. The molecule has 0 aliphatic heterocycles. The van der Waals surface area contributed by atoms with E-state index in [1.54, 1.807) is 0 Å². The van der Waals surface area contributed by atoms with Gasteiger partial charge >= 0.3 is 0 Å². The number of ether oxygens (including phenoxy) is 1. The van der Waals surface area contributed by atoms with E-state index in [-0.39, 0.29) is 19.1 Å². The van der Waals surface area contributed by atoms with Crippen molar-refractivity contribution in [3.05, 3.63) is 35.9 Å². The largest absolute Gasteiger partial charge is 0.391 e. The zero-order chi connectivity index (χ0) is 14.1. The number of carbonyl (C=O) groups is 1. The van der Waals surface area contributed by atoms with Gasteiger partial charge in [0.25, 0.3) is 0 Å². The molecule has 106 valence electrons. The van der Waals surface area contributed by atoms with Crippen LogP contribution in [-0.4, -0.2) is 30.3 Å². The van der Waals surface area contributed by atoms with Crippen LogP contribution >= 0.6 is 0 Å². The first-order valence-corrected chi connectivity index (χ1v) is 6.64. The highest BCUT2D eigenvalue weighted by Crippen LogP contribution is 2.03. The fraction of sp³-hybridized carbons (Fsp3) is 0.533. The molecule has 1 atom stereocenters. The van der Waals surface area contributed by atoms with E-state index < -0.39 is 6.10 Å². The summed E-state index contributed by atoms with van der Waals surface area (Å²) in [6, 6.07) is 9.70. The standard InChI is InChI=1S/C15H23NO3/c1-12(2)8-14(17)9-16-15(18)11-19-10-13-6-4-3-5-7-13/h3-7,12,14,17H,8-11H2,1-2H3,(H,16,18). The van der Waals surface area contributed by atoms with Crippen LogP contribution in [0.1, 0.15) is 25.8 Å². The number of benzene rings is 1. The topological polar surface area (TPSA) is 58.6 Å². The molecule has 1 rings (SSSR count). The van der Waals surface area contributed by atoms with Crippen molar-refractivity contribution in [2.24, 2.45) is 5.92 Å². The summed E-state index contributed by atoms with van der Waals surface area (Å²) < 4.78 is 5.30. The van der Waals surface area contributed by atoms with Gasteiger partial charge in [0.15, 0.2) is 0 Å². The number of hydrogen-bond donors (Lipinski definition) is 2. The van der Waals surface area contributed by atoms with Crippen molar-refractivity contribution in [3.8, 4) is 0 Å². The molecule has 0 saturated carbocycles. The minimum absolute atomic E-state index is 0.0172. The van der Waals surface area contributed by atoms with Crippen molar-refractivity contribution in [2.45, 2.75) is 33.0 Å². The van der Waals surface area contributed by atoms with E-state index in [2.05, 4.69) is 5.32 Å². The Bertz CT molecular complexity index is 365. The highest BCUT2D eigenvalue weighted by atomic mass is 16.5. The average molecular weight is 265 g/mol. The molecule has 0 bridgehead atoms. The molecule has 0 saturated heterocycles. The molecule has 0 aliphatic carbocycles. The lowest BCUT2D eigenvalue weighted by Gasteiger charge is -2.13. The Morgan fingerprint density at radius 1 is 1.32 bits per heavy atom. The van der Waals surface area contributed by atoms with Crippen LogP contribution in [0.25, 0.3) is 0 Å². The first-order chi connectivity index (χ1) is 9.08. The minimum atomic E-state index is -0.488. The van der Waals surface area contributed by atoms with Crippen molar-refractivity contribution >= 4 is 5.91 Å². The minimum Gasteiger partial charge on any atom is -0.391 e. The molecule has 4 heteroatoms. The highest BCUT2D eigenvalue weighted by molar-refractivity contribution is 5.77. The molecule has 2 N–H and O–H groups in total. The third-order valence-electron chi connectivity index (χ3n) is 2.62. The second-order valence-electron chi connectivity index (χ2n) is 5.07. The van der Waals surface area contributed by atoms with E-state index in [0.29, 0.717) is 18.9 Å². The van der Waals surface area contributed by atoms with Crippen molar-refractivity contribution in [2.75, 3.05) is 13.2 Å². The van der Waals surface area contributed by atoms with E-state index >= 15 is 0 Å². The summed E-state index contributed by atoms with van der Waals surface area (Å²) in [5, 5.41) is 12.3. The quantitative estimate of drug-likeness (QED) is 0.752. The van der Waals surface area contributed by atoms with Crippen molar-refractivity contribution in [1.82, 2.24) is 5.32 Å². The summed E-state index contributed by atoms with van der Waals surface area (Å²) in [5.74, 6) is 0.222. The molecule has 4 nitrogen and oxygen atoms in total. The van der Waals surface area contributed by atoms with Gasteiger partial charge in [-0.1, -0.05) is 44.2 Å². The molecule has 0 heterocycles. The van der Waals surface area contributed by atoms with Gasteiger partial charge in [-0.3, -0.25) is 4.79 Å². The fourth-order valence-electron chi connectivity index (χ4n) is 1.75. The molecular weight excluding hydrogens is 242 g/mol. The Morgan fingerprint density at radius 2 is 2.00 bits per heavy atom. The maximum absolute atomic E-state index is 11.5. The maximum atomic E-state index is 11.5. The number of carbonyl (C=O) groups excluding carboxylic acids is 1. The van der Waals surface area contributed by atoms with Crippen molar-refractivity contribution in [3.63, 3.8) is 0 Å². The lowest BCUT2D eigenvalue weighted by molar-refractivity contribution is -0.126. The van der Waals surface area contributed by atoms with Gasteiger partial charge in [-0.05, 0) is 17.9 Å². The van der Waals surface area contributed by atoms with Gasteiger partial charge in [0.2, 0.25) is 5.91 Å². The predicted octanol–water partition coefficient (Wildman–Crippen LogP) is 1.73. The maximum Gasteiger partial charge on any atom is 0.246 e. The van der Waals surface area contributed by atoms with Gasteiger partial charge in [0.1, 0.15) is 6.61 Å². The van der Waals surface area contributed by atoms with Crippen LogP contribution in [0.5, 0.6) is 0 Å². The van der Waals surface area contributed by atoms with Gasteiger partial charge in [-0.15, -0.1) is 0 Å². The van der Waals surface area contributed by atoms with Crippen LogP contribution in [0, 0.1) is 5.92 Å². The SMILES string of the molecule is CC(C)CC(O)CNC(=O)COCc1ccccc1. The molecule has 0 radical (unpaired) electrons. The molecule has 19 heavy (non-hydrogen) atoms. The van der Waals surface area contributed by atoms with Gasteiger partial charge in [-0.2, -0.15) is 0 Å². The van der Waals surface area contributed by atoms with Gasteiger partial charge in [0.05, 0.1) is 12.7 Å². The van der Waals surface area contributed by atoms with Crippen LogP contribution in [-0.2, 0) is 16.1 Å². The summed E-state index contributed by atoms with van der Waals surface area (Å²) in [4.78, 5) is 11.5. The number of amides is 1. The first-order valence-electron chi connectivity index (χ1n) is 6.64. The first kappa shape index (κ1) is 15.7. The molecule has 0 aromatic heterocycles. The number of aliphatic hydroxyl groups is 1. The second-order valence-corrected chi connectivity index (χ2v) is 5.07. The molecule has 1 amide bonds. The van der Waals surface area contributed by atoms with E-state index in [0.717, 1.165) is 5.56 Å². The summed E-state index contributed by atoms with van der Waals surface area (Å²) >= 11 is 0. The summed E-state index contributed by atoms with van der Waals surface area (Å²) in [5.41, 5.74) is 1.04. The molecule has 1 aromatic rings. The van der Waals surface area contributed by atoms with Crippen LogP contribution in [0.15, 0.2) is 30.3 Å². The van der Waals surface area contributed by atoms with Gasteiger partial charge in [-0.25, -0.2) is 0 Å². The zero-order valence-corrected chi connectivity index (χ0v) is 11.6. The average Bonchev–Trinajstić information content (AvgIpc) is 2.37. The molecule has 1 unspecified atom stereocenters. The lowest BCUT2D eigenvalue weighted by atomic mass is 10.1. The summed E-state index contributed by atoms with van der Waals surface area (Å²) in [6.45, 7) is 4.79. The van der Waals surface area contributed by atoms with Crippen molar-refractivity contribution in [1.29, 1.82) is 0 Å². The van der Waals surface area contributed by atoms with Crippen LogP contribution in [0.4, 0.5) is 0 Å². The molecular formula is C15H23NO3. The summed E-state index contributed by atoms with van der Waals surface area (Å²) in [7, 11) is 0. The van der Waals surface area contributed by atoms with E-state index in [9.17, 15) is 9.90 Å². The second kappa shape index (κ2) is 8.67. The number of nitrogens with one attached hydrogen (secondary N) is 1. The number of aliphatic hydroxyl groups excluding tert-OH is 1. The van der Waals surface area contributed by atoms with Gasteiger partial charge < -0.3 is 15.2 Å². The monoisotopic (exact) mass is 265 g/mol. The van der Waals surface area contributed by atoms with Crippen LogP contribution in [0.2, 0.25) is 0 Å². The summed E-state index contributed by atoms with van der Waals surface area (Å²) in [6.07, 6.45) is 0.198. The van der Waals surface area contributed by atoms with E-state index in [1.165, 1.54) is 0 Å². The molecule has 0 spiro atoms. The van der Waals surface area contributed by atoms with Gasteiger partial charge in [0, 0.05) is 6.54 Å². The van der Waals surface area contributed by atoms with Crippen LogP contribution < -0.4 is 5.32 Å². The van der Waals surface area contributed by atoms with Crippen LogP contribution in [0.3, 0.4) is 0 Å². The highest BCUT2D eigenvalue weighted by Gasteiger charge is 2.08. The zero-order valence-electron chi connectivity index (χ0n) is 11.6. The third kappa shape index (κ3) is 7.59. The molecule has 0 aliphatic rings.